The molecule has 1 amide bonds. The molecular formula is C27H25N2O3+. The normalized spacial score (nSPS) is 10.7. The van der Waals surface area contributed by atoms with E-state index in [1.54, 1.807) is 4.57 Å². The Morgan fingerprint density at radius 3 is 2.22 bits per heavy atom. The monoisotopic (exact) mass is 425 g/mol. The quantitative estimate of drug-likeness (QED) is 0.325. The Labute approximate surface area is 187 Å². The van der Waals surface area contributed by atoms with Gasteiger partial charge in [0.25, 0.3) is 6.73 Å². The van der Waals surface area contributed by atoms with Crippen LogP contribution < -0.4 is 9.47 Å². The molecule has 0 unspecified atom stereocenters. The Kier molecular flexibility index (Phi) is 6.56. The fourth-order valence-corrected chi connectivity index (χ4v) is 3.56. The standard InChI is InChI=1S/C27H25N2O3/c1-21(30)32-20-28-15-13-22(14-16-28)17-27(31)29(19-23-7-3-2-4-8-23)26-12-11-24-9-5-6-10-25(24)18-26/h2-16,18H,17,19-20H2,1H3/q+1. The Morgan fingerprint density at radius 1 is 0.812 bits per heavy atom. The van der Waals surface area contributed by atoms with Crippen LogP contribution in [0, 0.1) is 0 Å². The first-order valence-electron chi connectivity index (χ1n) is 10.5. The predicted molar refractivity (Wildman–Crippen MR) is 124 cm³/mol. The van der Waals surface area contributed by atoms with Crippen LogP contribution in [0.25, 0.3) is 10.8 Å². The zero-order chi connectivity index (χ0) is 22.3. The number of amides is 1. The van der Waals surface area contributed by atoms with Gasteiger partial charge in [-0.2, -0.15) is 4.57 Å². The van der Waals surface area contributed by atoms with E-state index < -0.39 is 0 Å². The highest BCUT2D eigenvalue weighted by atomic mass is 16.5. The largest absolute Gasteiger partial charge is 0.405 e. The first kappa shape index (κ1) is 21.2. The summed E-state index contributed by atoms with van der Waals surface area (Å²) in [6, 6.07) is 28.0. The Bertz CT molecular complexity index is 1220. The molecule has 0 aliphatic carbocycles. The Hall–Kier alpha value is -3.99. The molecule has 1 aromatic heterocycles. The van der Waals surface area contributed by atoms with Gasteiger partial charge in [-0.15, -0.1) is 0 Å². The molecule has 0 fully saturated rings. The second kappa shape index (κ2) is 9.88. The average Bonchev–Trinajstić information content (AvgIpc) is 2.82. The minimum absolute atomic E-state index is 0.0156. The minimum Gasteiger partial charge on any atom is -0.405 e. The van der Waals surface area contributed by atoms with Crippen LogP contribution in [-0.4, -0.2) is 11.9 Å². The number of hydrogen-bond acceptors (Lipinski definition) is 3. The molecule has 160 valence electrons. The first-order chi connectivity index (χ1) is 15.6. The van der Waals surface area contributed by atoms with Crippen molar-refractivity contribution in [2.45, 2.75) is 26.6 Å². The average molecular weight is 426 g/mol. The molecule has 0 saturated heterocycles. The van der Waals surface area contributed by atoms with Gasteiger partial charge in [-0.05, 0) is 34.0 Å². The highest BCUT2D eigenvalue weighted by molar-refractivity contribution is 5.97. The van der Waals surface area contributed by atoms with Gasteiger partial charge in [0, 0.05) is 24.7 Å². The third-order valence-corrected chi connectivity index (χ3v) is 5.26. The van der Waals surface area contributed by atoms with E-state index in [0.29, 0.717) is 6.54 Å². The molecule has 1 heterocycles. The summed E-state index contributed by atoms with van der Waals surface area (Å²) in [6.45, 7) is 2.03. The van der Waals surface area contributed by atoms with Crippen molar-refractivity contribution < 1.29 is 18.9 Å². The zero-order valence-corrected chi connectivity index (χ0v) is 18.0. The second-order valence-electron chi connectivity index (χ2n) is 7.66. The number of benzene rings is 3. The molecule has 32 heavy (non-hydrogen) atoms. The summed E-state index contributed by atoms with van der Waals surface area (Å²) in [5, 5.41) is 2.24. The van der Waals surface area contributed by atoms with E-state index >= 15 is 0 Å². The molecule has 3 aromatic carbocycles. The molecule has 0 saturated carbocycles. The molecule has 0 N–H and O–H groups in total. The van der Waals surface area contributed by atoms with Crippen LogP contribution in [0.2, 0.25) is 0 Å². The van der Waals surface area contributed by atoms with Gasteiger partial charge in [0.05, 0.1) is 13.0 Å². The molecule has 0 radical (unpaired) electrons. The molecule has 4 rings (SSSR count). The lowest BCUT2D eigenvalue weighted by molar-refractivity contribution is -0.727. The van der Waals surface area contributed by atoms with Crippen molar-refractivity contribution in [1.29, 1.82) is 0 Å². The summed E-state index contributed by atoms with van der Waals surface area (Å²) in [7, 11) is 0. The lowest BCUT2D eigenvalue weighted by Gasteiger charge is -2.24. The van der Waals surface area contributed by atoms with Crippen molar-refractivity contribution in [2.24, 2.45) is 0 Å². The molecule has 0 aliphatic heterocycles. The molecular weight excluding hydrogens is 400 g/mol. The van der Waals surface area contributed by atoms with Gasteiger partial charge in [-0.25, -0.2) is 0 Å². The summed E-state index contributed by atoms with van der Waals surface area (Å²) >= 11 is 0. The van der Waals surface area contributed by atoms with E-state index in [9.17, 15) is 9.59 Å². The molecule has 4 aromatic rings. The van der Waals surface area contributed by atoms with Crippen LogP contribution in [0.5, 0.6) is 0 Å². The SMILES string of the molecule is CC(=O)OC[n+]1ccc(CC(=O)N(Cc2ccccc2)c2ccc3ccccc3c2)cc1. The first-order valence-corrected chi connectivity index (χ1v) is 10.5. The van der Waals surface area contributed by atoms with E-state index in [4.69, 9.17) is 4.74 Å². The van der Waals surface area contributed by atoms with Crippen molar-refractivity contribution in [2.75, 3.05) is 4.90 Å². The number of rotatable bonds is 7. The van der Waals surface area contributed by atoms with Gasteiger partial charge in [-0.3, -0.25) is 9.59 Å². The molecule has 0 spiro atoms. The van der Waals surface area contributed by atoms with Crippen molar-refractivity contribution >= 4 is 28.3 Å². The van der Waals surface area contributed by atoms with Crippen molar-refractivity contribution in [1.82, 2.24) is 0 Å². The van der Waals surface area contributed by atoms with E-state index in [0.717, 1.165) is 27.6 Å². The van der Waals surface area contributed by atoms with Gasteiger partial charge >= 0.3 is 5.97 Å². The summed E-state index contributed by atoms with van der Waals surface area (Å²) < 4.78 is 6.75. The minimum atomic E-state index is -0.330. The number of nitrogens with zero attached hydrogens (tertiary/aromatic N) is 2. The number of fused-ring (bicyclic) bond motifs is 1. The van der Waals surface area contributed by atoms with E-state index in [1.807, 2.05) is 78.0 Å². The van der Waals surface area contributed by atoms with Crippen LogP contribution >= 0.6 is 0 Å². The van der Waals surface area contributed by atoms with Gasteiger partial charge in [0.1, 0.15) is 0 Å². The topological polar surface area (TPSA) is 50.5 Å². The lowest BCUT2D eigenvalue weighted by Crippen LogP contribution is -2.35. The summed E-state index contributed by atoms with van der Waals surface area (Å²) in [6.07, 6.45) is 3.89. The molecule has 0 aliphatic rings. The number of carbonyl (C=O) groups excluding carboxylic acids is 2. The number of esters is 1. The molecule has 5 nitrogen and oxygen atoms in total. The number of aromatic nitrogens is 1. The molecule has 5 heteroatoms. The predicted octanol–water partition coefficient (Wildman–Crippen LogP) is 4.42. The number of pyridine rings is 1. The Balaban J connectivity index is 1.57. The summed E-state index contributed by atoms with van der Waals surface area (Å²) in [5.74, 6) is -0.314. The van der Waals surface area contributed by atoms with E-state index in [2.05, 4.69) is 24.3 Å². The fourth-order valence-electron chi connectivity index (χ4n) is 3.56. The van der Waals surface area contributed by atoms with Gasteiger partial charge in [0.15, 0.2) is 12.4 Å². The second-order valence-corrected chi connectivity index (χ2v) is 7.66. The van der Waals surface area contributed by atoms with E-state index in [-0.39, 0.29) is 25.0 Å². The third-order valence-electron chi connectivity index (χ3n) is 5.26. The maximum atomic E-state index is 13.4. The molecule has 0 bridgehead atoms. The van der Waals surface area contributed by atoms with Crippen molar-refractivity contribution in [3.8, 4) is 0 Å². The highest BCUT2D eigenvalue weighted by Gasteiger charge is 2.18. The maximum absolute atomic E-state index is 13.4. The van der Waals surface area contributed by atoms with Gasteiger partial charge in [0.2, 0.25) is 5.91 Å². The highest BCUT2D eigenvalue weighted by Crippen LogP contribution is 2.24. The number of ether oxygens (including phenoxy) is 1. The fraction of sp³-hybridized carbons (Fsp3) is 0.148. The lowest BCUT2D eigenvalue weighted by atomic mass is 10.1. The number of anilines is 1. The maximum Gasteiger partial charge on any atom is 0.307 e. The van der Waals surface area contributed by atoms with Crippen LogP contribution in [-0.2, 0) is 34.0 Å². The molecule has 0 atom stereocenters. The van der Waals surface area contributed by atoms with Crippen LogP contribution in [0.3, 0.4) is 0 Å². The summed E-state index contributed by atoms with van der Waals surface area (Å²) in [4.78, 5) is 26.2. The third kappa shape index (κ3) is 5.38. The summed E-state index contributed by atoms with van der Waals surface area (Å²) in [5.41, 5.74) is 2.84. The van der Waals surface area contributed by atoms with Crippen LogP contribution in [0.15, 0.2) is 97.3 Å². The van der Waals surface area contributed by atoms with Gasteiger partial charge in [-0.1, -0.05) is 60.7 Å². The van der Waals surface area contributed by atoms with Crippen LogP contribution in [0.1, 0.15) is 18.1 Å². The van der Waals surface area contributed by atoms with Crippen molar-refractivity contribution in [3.05, 3.63) is 108 Å². The number of hydrogen-bond donors (Lipinski definition) is 0. The van der Waals surface area contributed by atoms with E-state index in [1.165, 1.54) is 6.92 Å². The smallest absolute Gasteiger partial charge is 0.307 e. The Morgan fingerprint density at radius 2 is 1.50 bits per heavy atom. The number of carbonyl (C=O) groups is 2. The zero-order valence-electron chi connectivity index (χ0n) is 18.0. The van der Waals surface area contributed by atoms with Crippen molar-refractivity contribution in [3.63, 3.8) is 0 Å². The van der Waals surface area contributed by atoms with Gasteiger partial charge < -0.3 is 9.64 Å². The van der Waals surface area contributed by atoms with Crippen LogP contribution in [0.4, 0.5) is 5.69 Å².